The van der Waals surface area contributed by atoms with Gasteiger partial charge >= 0.3 is 6.18 Å². The van der Waals surface area contributed by atoms with Crippen LogP contribution in [-0.2, 0) is 23.9 Å². The summed E-state index contributed by atoms with van der Waals surface area (Å²) in [6.07, 6.45) is -5.59. The van der Waals surface area contributed by atoms with Crippen LogP contribution in [0.25, 0.3) is 11.0 Å². The average Bonchev–Trinajstić information content (AvgIpc) is 3.40. The van der Waals surface area contributed by atoms with Crippen molar-refractivity contribution in [3.05, 3.63) is 57.9 Å². The fraction of sp³-hybridized carbons (Fsp3) is 0.581. The molecule has 5 nitrogen and oxygen atoms in total. The van der Waals surface area contributed by atoms with Gasteiger partial charge < -0.3 is 19.9 Å². The lowest BCUT2D eigenvalue weighted by atomic mass is 9.61. The topological polar surface area (TPSA) is 78.4 Å². The van der Waals surface area contributed by atoms with Gasteiger partial charge in [-0.2, -0.15) is 13.2 Å². The second-order valence-electron chi connectivity index (χ2n) is 13.9. The van der Waals surface area contributed by atoms with Gasteiger partial charge in [0.1, 0.15) is 11.4 Å². The fourth-order valence-electron chi connectivity index (χ4n) is 6.43. The van der Waals surface area contributed by atoms with Crippen molar-refractivity contribution in [3.8, 4) is 5.75 Å². The van der Waals surface area contributed by atoms with Gasteiger partial charge in [0.05, 0.1) is 23.3 Å². The number of rotatable bonds is 6. The van der Waals surface area contributed by atoms with Crippen molar-refractivity contribution in [2.75, 3.05) is 6.61 Å². The van der Waals surface area contributed by atoms with Crippen molar-refractivity contribution in [2.24, 2.45) is 10.8 Å². The first-order valence-corrected chi connectivity index (χ1v) is 13.9. The third kappa shape index (κ3) is 5.23. The van der Waals surface area contributed by atoms with Gasteiger partial charge in [0, 0.05) is 29.1 Å². The van der Waals surface area contributed by atoms with E-state index >= 15 is 0 Å². The van der Waals surface area contributed by atoms with Crippen LogP contribution < -0.4 is 4.74 Å². The van der Waals surface area contributed by atoms with Crippen molar-refractivity contribution in [2.45, 2.75) is 97.4 Å². The maximum Gasteiger partial charge on any atom is 0.417 e. The number of pyridine rings is 1. The molecule has 3 N–H and O–H groups in total. The fourth-order valence-corrected chi connectivity index (χ4v) is 6.67. The maximum absolute atomic E-state index is 14.6. The van der Waals surface area contributed by atoms with Crippen LogP contribution in [0.4, 0.5) is 13.2 Å². The third-order valence-electron chi connectivity index (χ3n) is 8.29. The standard InChI is InChI=1S/C31H40ClF3N2O3/c1-26(2,3)30(39,27(4,5)6)24-10-9-22-23(37-24)15-20(36-22)16-29(38,31(33,34)35)17-28(7,8)21-14-19(32)13-18-11-12-40-25(18)21/h9-10,13-15,36,38-39H,11-12,16-17H2,1-8H3. The van der Waals surface area contributed by atoms with Crippen molar-refractivity contribution < 1.29 is 28.1 Å². The summed E-state index contributed by atoms with van der Waals surface area (Å²) in [6.45, 7) is 15.3. The molecule has 0 spiro atoms. The van der Waals surface area contributed by atoms with E-state index in [0.717, 1.165) is 5.56 Å². The van der Waals surface area contributed by atoms with Crippen LogP contribution in [0.3, 0.4) is 0 Å². The molecule has 0 fully saturated rings. The molecule has 0 radical (unpaired) electrons. The summed E-state index contributed by atoms with van der Waals surface area (Å²) >= 11 is 6.30. The summed E-state index contributed by atoms with van der Waals surface area (Å²) in [4.78, 5) is 7.69. The monoisotopic (exact) mass is 580 g/mol. The first-order chi connectivity index (χ1) is 18.1. The number of alkyl halides is 3. The molecule has 0 amide bonds. The molecule has 0 saturated heterocycles. The summed E-state index contributed by atoms with van der Waals surface area (Å²) in [5.41, 5.74) is -3.65. The Bertz CT molecular complexity index is 1400. The Kier molecular flexibility index (Phi) is 7.38. The molecule has 2 aromatic heterocycles. The quantitative estimate of drug-likeness (QED) is 0.280. The Labute approximate surface area is 239 Å². The summed E-state index contributed by atoms with van der Waals surface area (Å²) < 4.78 is 49.4. The molecule has 4 rings (SSSR count). The maximum atomic E-state index is 14.6. The van der Waals surface area contributed by atoms with E-state index in [9.17, 15) is 23.4 Å². The number of hydrogen-bond donors (Lipinski definition) is 3. The predicted molar refractivity (Wildman–Crippen MR) is 152 cm³/mol. The molecule has 1 aliphatic rings. The van der Waals surface area contributed by atoms with Crippen LogP contribution in [-0.4, -0.2) is 38.6 Å². The van der Waals surface area contributed by atoms with Crippen molar-refractivity contribution >= 4 is 22.6 Å². The second kappa shape index (κ2) is 9.63. The highest BCUT2D eigenvalue weighted by molar-refractivity contribution is 6.30. The number of fused-ring (bicyclic) bond motifs is 2. The van der Waals surface area contributed by atoms with E-state index in [2.05, 4.69) is 9.97 Å². The minimum absolute atomic E-state index is 0.193. The summed E-state index contributed by atoms with van der Waals surface area (Å²) in [5, 5.41) is 23.5. The highest BCUT2D eigenvalue weighted by Crippen LogP contribution is 2.51. The first kappa shape index (κ1) is 30.7. The van der Waals surface area contributed by atoms with E-state index in [-0.39, 0.29) is 5.69 Å². The van der Waals surface area contributed by atoms with Gasteiger partial charge in [0.2, 0.25) is 0 Å². The van der Waals surface area contributed by atoms with E-state index in [1.807, 2.05) is 41.5 Å². The van der Waals surface area contributed by atoms with E-state index in [4.69, 9.17) is 16.3 Å². The van der Waals surface area contributed by atoms with E-state index in [1.165, 1.54) is 6.07 Å². The molecule has 3 aromatic rings. The van der Waals surface area contributed by atoms with Crippen molar-refractivity contribution in [3.63, 3.8) is 0 Å². The lowest BCUT2D eigenvalue weighted by molar-refractivity contribution is -0.266. The molecule has 0 aliphatic carbocycles. The molecule has 1 aromatic carbocycles. The van der Waals surface area contributed by atoms with E-state index in [1.54, 1.807) is 38.1 Å². The SMILES string of the molecule is CC(C)(CC(O)(Cc1cc2nc(C(O)(C(C)(C)C)C(C)(C)C)ccc2[nH]1)C(F)(F)F)c1cc(Cl)cc2c1OCC2. The van der Waals surface area contributed by atoms with Gasteiger partial charge in [-0.1, -0.05) is 67.0 Å². The van der Waals surface area contributed by atoms with Crippen LogP contribution in [0.5, 0.6) is 5.75 Å². The average molecular weight is 581 g/mol. The Morgan fingerprint density at radius 3 is 2.15 bits per heavy atom. The van der Waals surface area contributed by atoms with E-state index < -0.39 is 46.5 Å². The number of hydrogen-bond acceptors (Lipinski definition) is 4. The van der Waals surface area contributed by atoms with Gasteiger partial charge in [0.25, 0.3) is 0 Å². The number of H-pyrrole nitrogens is 1. The molecular weight excluding hydrogens is 541 g/mol. The first-order valence-electron chi connectivity index (χ1n) is 13.6. The van der Waals surface area contributed by atoms with Gasteiger partial charge in [-0.3, -0.25) is 0 Å². The van der Waals surface area contributed by atoms with Crippen molar-refractivity contribution in [1.82, 2.24) is 9.97 Å². The highest BCUT2D eigenvalue weighted by Gasteiger charge is 2.56. The van der Waals surface area contributed by atoms with Gasteiger partial charge in [-0.05, 0) is 58.6 Å². The molecule has 1 atom stereocenters. The number of aromatic nitrogens is 2. The number of ether oxygens (including phenoxy) is 1. The van der Waals surface area contributed by atoms with Crippen LogP contribution in [0.2, 0.25) is 5.02 Å². The number of aromatic amines is 1. The largest absolute Gasteiger partial charge is 0.493 e. The molecule has 0 saturated carbocycles. The normalized spacial score (nSPS) is 16.6. The van der Waals surface area contributed by atoms with Gasteiger partial charge in [-0.15, -0.1) is 0 Å². The number of nitrogens with zero attached hydrogens (tertiary/aromatic N) is 1. The Morgan fingerprint density at radius 2 is 1.57 bits per heavy atom. The molecule has 1 aliphatic heterocycles. The van der Waals surface area contributed by atoms with Crippen molar-refractivity contribution in [1.29, 1.82) is 0 Å². The lowest BCUT2D eigenvalue weighted by Crippen LogP contribution is -2.51. The number of aliphatic hydroxyl groups is 2. The molecule has 9 heteroatoms. The molecule has 3 heterocycles. The van der Waals surface area contributed by atoms with Crippen LogP contribution >= 0.6 is 11.6 Å². The summed E-state index contributed by atoms with van der Waals surface area (Å²) in [5.74, 6) is 0.548. The van der Waals surface area contributed by atoms with Crippen LogP contribution in [0.15, 0.2) is 30.3 Å². The molecule has 0 bridgehead atoms. The third-order valence-corrected chi connectivity index (χ3v) is 8.51. The van der Waals surface area contributed by atoms with E-state index in [0.29, 0.717) is 46.1 Å². The smallest absolute Gasteiger partial charge is 0.417 e. The van der Waals surface area contributed by atoms with Crippen LogP contribution in [0, 0.1) is 10.8 Å². The number of nitrogens with one attached hydrogen (secondary N) is 1. The highest BCUT2D eigenvalue weighted by atomic mass is 35.5. The molecule has 1 unspecified atom stereocenters. The zero-order valence-electron chi connectivity index (χ0n) is 24.5. The predicted octanol–water partition coefficient (Wildman–Crippen LogP) is 7.63. The van der Waals surface area contributed by atoms with Gasteiger partial charge in [0.15, 0.2) is 5.60 Å². The Balaban J connectivity index is 1.72. The zero-order chi connectivity index (χ0) is 30.1. The minimum atomic E-state index is -4.92. The minimum Gasteiger partial charge on any atom is -0.493 e. The van der Waals surface area contributed by atoms with Crippen LogP contribution in [0.1, 0.15) is 84.3 Å². The number of benzene rings is 1. The zero-order valence-corrected chi connectivity index (χ0v) is 25.2. The van der Waals surface area contributed by atoms with Gasteiger partial charge in [-0.25, -0.2) is 4.98 Å². The summed E-state index contributed by atoms with van der Waals surface area (Å²) in [6, 6.07) is 8.34. The Hall–Kier alpha value is -2.29. The number of halogens is 4. The molecule has 40 heavy (non-hydrogen) atoms. The Morgan fingerprint density at radius 1 is 0.950 bits per heavy atom. The lowest BCUT2D eigenvalue weighted by Gasteiger charge is -2.49. The summed E-state index contributed by atoms with van der Waals surface area (Å²) in [7, 11) is 0. The second-order valence-corrected chi connectivity index (χ2v) is 14.4. The molecular formula is C31H40ClF3N2O3. The molecule has 220 valence electrons.